The average Bonchev–Trinajstić information content (AvgIpc) is 2.78. The predicted octanol–water partition coefficient (Wildman–Crippen LogP) is 3.55. The molecular weight excluding hydrogens is 285 g/mol. The van der Waals surface area contributed by atoms with Crippen LogP contribution in [0.15, 0.2) is 22.7 Å². The van der Waals surface area contributed by atoms with Gasteiger partial charge in [0.2, 0.25) is 0 Å². The third-order valence-electron chi connectivity index (χ3n) is 3.19. The van der Waals surface area contributed by atoms with Gasteiger partial charge in [0.15, 0.2) is 0 Å². The topological polar surface area (TPSA) is 35.2 Å². The summed E-state index contributed by atoms with van der Waals surface area (Å²) in [6.45, 7) is 0.854. The zero-order chi connectivity index (χ0) is 12.3. The summed E-state index contributed by atoms with van der Waals surface area (Å²) in [5.41, 5.74) is 6.60. The van der Waals surface area contributed by atoms with E-state index in [-0.39, 0.29) is 11.9 Å². The minimum absolute atomic E-state index is 0.237. The predicted molar refractivity (Wildman–Crippen MR) is 69.2 cm³/mol. The van der Waals surface area contributed by atoms with Crippen LogP contribution in [0.5, 0.6) is 0 Å². The lowest BCUT2D eigenvalue weighted by molar-refractivity contribution is 0.101. The second-order valence-corrected chi connectivity index (χ2v) is 5.40. The zero-order valence-corrected chi connectivity index (χ0v) is 11.2. The molecule has 1 heterocycles. The van der Waals surface area contributed by atoms with Crippen molar-refractivity contribution in [1.29, 1.82) is 0 Å². The van der Waals surface area contributed by atoms with Gasteiger partial charge in [-0.15, -0.1) is 0 Å². The van der Waals surface area contributed by atoms with Gasteiger partial charge in [-0.25, -0.2) is 4.39 Å². The Kier molecular flexibility index (Phi) is 4.54. The van der Waals surface area contributed by atoms with Crippen molar-refractivity contribution in [2.75, 3.05) is 6.61 Å². The second-order valence-electron chi connectivity index (χ2n) is 4.48. The first-order valence-electron chi connectivity index (χ1n) is 5.99. The Labute approximate surface area is 109 Å². The summed E-state index contributed by atoms with van der Waals surface area (Å²) in [4.78, 5) is 0. The fraction of sp³-hybridized carbons (Fsp3) is 0.538. The minimum Gasteiger partial charge on any atom is -0.378 e. The van der Waals surface area contributed by atoms with Gasteiger partial charge in [-0.1, -0.05) is 22.0 Å². The minimum atomic E-state index is -0.243. The van der Waals surface area contributed by atoms with Crippen LogP contribution < -0.4 is 5.73 Å². The molecule has 0 radical (unpaired) electrons. The Morgan fingerprint density at radius 1 is 1.53 bits per heavy atom. The molecule has 1 aliphatic heterocycles. The molecule has 94 valence electrons. The van der Waals surface area contributed by atoms with Crippen LogP contribution in [0.2, 0.25) is 0 Å². The van der Waals surface area contributed by atoms with Crippen molar-refractivity contribution in [2.24, 2.45) is 5.73 Å². The molecule has 1 fully saturated rings. The first-order chi connectivity index (χ1) is 8.16. The highest BCUT2D eigenvalue weighted by Gasteiger charge is 2.18. The molecule has 0 spiro atoms. The molecule has 1 aromatic carbocycles. The second kappa shape index (κ2) is 5.94. The molecule has 2 atom stereocenters. The maximum absolute atomic E-state index is 13.7. The van der Waals surface area contributed by atoms with E-state index in [2.05, 4.69) is 15.9 Å². The van der Waals surface area contributed by atoms with Crippen molar-refractivity contribution < 1.29 is 9.13 Å². The lowest BCUT2D eigenvalue weighted by atomic mass is 10.00. The van der Waals surface area contributed by atoms with E-state index in [0.717, 1.165) is 36.8 Å². The summed E-state index contributed by atoms with van der Waals surface area (Å²) in [6, 6.07) is 4.79. The normalized spacial score (nSPS) is 21.7. The van der Waals surface area contributed by atoms with Crippen LogP contribution in [0.1, 0.15) is 37.3 Å². The van der Waals surface area contributed by atoms with Crippen molar-refractivity contribution in [3.63, 3.8) is 0 Å². The molecule has 2 nitrogen and oxygen atoms in total. The van der Waals surface area contributed by atoms with Gasteiger partial charge in [0.25, 0.3) is 0 Å². The molecule has 0 amide bonds. The number of benzene rings is 1. The van der Waals surface area contributed by atoms with E-state index < -0.39 is 0 Å². The Morgan fingerprint density at radius 3 is 3.00 bits per heavy atom. The number of halogens is 2. The van der Waals surface area contributed by atoms with Crippen LogP contribution in [0.4, 0.5) is 4.39 Å². The SMILES string of the molecule is NC(CCC1CCCO1)c1ccc(Br)cc1F. The zero-order valence-electron chi connectivity index (χ0n) is 9.66. The first-order valence-corrected chi connectivity index (χ1v) is 6.78. The summed E-state index contributed by atoms with van der Waals surface area (Å²) >= 11 is 3.24. The molecule has 0 aromatic heterocycles. The fourth-order valence-electron chi connectivity index (χ4n) is 2.20. The Balaban J connectivity index is 1.91. The van der Waals surface area contributed by atoms with Crippen molar-refractivity contribution in [3.8, 4) is 0 Å². The maximum atomic E-state index is 13.7. The van der Waals surface area contributed by atoms with Crippen LogP contribution in [-0.4, -0.2) is 12.7 Å². The maximum Gasteiger partial charge on any atom is 0.129 e. The summed E-state index contributed by atoms with van der Waals surface area (Å²) in [5, 5.41) is 0. The van der Waals surface area contributed by atoms with E-state index in [1.807, 2.05) is 6.07 Å². The lowest BCUT2D eigenvalue weighted by Crippen LogP contribution is -2.15. The van der Waals surface area contributed by atoms with E-state index >= 15 is 0 Å². The third kappa shape index (κ3) is 3.50. The first kappa shape index (κ1) is 13.0. The standard InChI is InChI=1S/C13H17BrFNO/c14-9-3-5-11(12(15)8-9)13(16)6-4-10-2-1-7-17-10/h3,5,8,10,13H,1-2,4,6-7,16H2. The van der Waals surface area contributed by atoms with Crippen molar-refractivity contribution in [1.82, 2.24) is 0 Å². The molecule has 1 aromatic rings. The summed E-state index contributed by atoms with van der Waals surface area (Å²) < 4.78 is 19.9. The van der Waals surface area contributed by atoms with E-state index in [1.165, 1.54) is 6.07 Å². The van der Waals surface area contributed by atoms with E-state index in [9.17, 15) is 4.39 Å². The highest BCUT2D eigenvalue weighted by Crippen LogP contribution is 2.25. The van der Waals surface area contributed by atoms with Gasteiger partial charge in [0, 0.05) is 22.7 Å². The highest BCUT2D eigenvalue weighted by atomic mass is 79.9. The molecule has 2 N–H and O–H groups in total. The van der Waals surface area contributed by atoms with Crippen molar-refractivity contribution in [3.05, 3.63) is 34.1 Å². The van der Waals surface area contributed by atoms with Gasteiger partial charge in [-0.2, -0.15) is 0 Å². The summed E-state index contributed by atoms with van der Waals surface area (Å²) in [7, 11) is 0. The highest BCUT2D eigenvalue weighted by molar-refractivity contribution is 9.10. The van der Waals surface area contributed by atoms with E-state index in [1.54, 1.807) is 6.07 Å². The molecule has 0 aliphatic carbocycles. The van der Waals surface area contributed by atoms with Crippen molar-refractivity contribution >= 4 is 15.9 Å². The van der Waals surface area contributed by atoms with Gasteiger partial charge >= 0.3 is 0 Å². The lowest BCUT2D eigenvalue weighted by Gasteiger charge is -2.15. The monoisotopic (exact) mass is 301 g/mol. The molecule has 1 saturated heterocycles. The van der Waals surface area contributed by atoms with E-state index in [4.69, 9.17) is 10.5 Å². The van der Waals surface area contributed by atoms with Crippen LogP contribution in [0.3, 0.4) is 0 Å². The Morgan fingerprint density at radius 2 is 2.35 bits per heavy atom. The molecule has 0 bridgehead atoms. The fourth-order valence-corrected chi connectivity index (χ4v) is 2.53. The van der Waals surface area contributed by atoms with E-state index in [0.29, 0.717) is 11.7 Å². The largest absolute Gasteiger partial charge is 0.378 e. The number of hydrogen-bond donors (Lipinski definition) is 1. The average molecular weight is 302 g/mol. The number of rotatable bonds is 4. The number of ether oxygens (including phenoxy) is 1. The smallest absolute Gasteiger partial charge is 0.129 e. The molecular formula is C13H17BrFNO. The van der Waals surface area contributed by atoms with Crippen molar-refractivity contribution in [2.45, 2.75) is 37.8 Å². The molecule has 1 aliphatic rings. The van der Waals surface area contributed by atoms with Crippen LogP contribution in [0.25, 0.3) is 0 Å². The number of nitrogens with two attached hydrogens (primary N) is 1. The summed E-state index contributed by atoms with van der Waals surface area (Å²) in [5.74, 6) is -0.237. The molecule has 2 rings (SSSR count). The van der Waals surface area contributed by atoms with Gasteiger partial charge in [0.1, 0.15) is 5.82 Å². The Bertz CT molecular complexity index is 380. The van der Waals surface area contributed by atoms with Crippen LogP contribution in [-0.2, 0) is 4.74 Å². The van der Waals surface area contributed by atoms with Gasteiger partial charge < -0.3 is 10.5 Å². The number of hydrogen-bond acceptors (Lipinski definition) is 2. The quantitative estimate of drug-likeness (QED) is 0.923. The van der Waals surface area contributed by atoms with Crippen LogP contribution in [0, 0.1) is 5.82 Å². The third-order valence-corrected chi connectivity index (χ3v) is 3.68. The van der Waals surface area contributed by atoms with Gasteiger partial charge in [0.05, 0.1) is 6.10 Å². The summed E-state index contributed by atoms with van der Waals surface area (Å²) in [6.07, 6.45) is 4.24. The molecule has 4 heteroatoms. The molecule has 0 saturated carbocycles. The molecule has 17 heavy (non-hydrogen) atoms. The van der Waals surface area contributed by atoms with Gasteiger partial charge in [-0.05, 0) is 37.8 Å². The molecule has 2 unspecified atom stereocenters. The van der Waals surface area contributed by atoms with Gasteiger partial charge in [-0.3, -0.25) is 0 Å². The van der Waals surface area contributed by atoms with Crippen LogP contribution >= 0.6 is 15.9 Å². The Hall–Kier alpha value is -0.450.